The maximum absolute atomic E-state index is 12.0. The van der Waals surface area contributed by atoms with Crippen LogP contribution in [0.4, 0.5) is 0 Å². The van der Waals surface area contributed by atoms with Crippen molar-refractivity contribution in [2.45, 2.75) is 25.3 Å². The van der Waals surface area contributed by atoms with E-state index in [1.54, 1.807) is 0 Å². The van der Waals surface area contributed by atoms with E-state index in [0.29, 0.717) is 5.92 Å². The van der Waals surface area contributed by atoms with Crippen LogP contribution in [0.2, 0.25) is 0 Å². The molecule has 1 aromatic carbocycles. The highest BCUT2D eigenvalue weighted by Crippen LogP contribution is 2.27. The molecule has 1 fully saturated rings. The summed E-state index contributed by atoms with van der Waals surface area (Å²) in [5.41, 5.74) is 1.35. The normalized spacial score (nSPS) is 21.5. The second-order valence-corrected chi connectivity index (χ2v) is 4.69. The molecule has 1 heterocycles. The Kier molecular flexibility index (Phi) is 3.79. The maximum Gasteiger partial charge on any atom is 0.239 e. The molecule has 92 valence electrons. The largest absolute Gasteiger partial charge is 0.341 e. The Balaban J connectivity index is 1.98. The highest BCUT2D eigenvalue weighted by Gasteiger charge is 2.28. The van der Waals surface area contributed by atoms with Crippen LogP contribution in [0.3, 0.4) is 0 Å². The van der Waals surface area contributed by atoms with Gasteiger partial charge in [0.25, 0.3) is 0 Å². The van der Waals surface area contributed by atoms with Crippen LogP contribution in [0, 0.1) is 0 Å². The van der Waals surface area contributed by atoms with E-state index in [0.717, 1.165) is 19.5 Å². The number of likely N-dealkylation sites (N-methyl/N-ethyl adjacent to an activating group) is 1. The van der Waals surface area contributed by atoms with Crippen LogP contribution in [-0.4, -0.2) is 37.0 Å². The van der Waals surface area contributed by atoms with E-state index in [1.807, 2.05) is 24.9 Å². The lowest BCUT2D eigenvalue weighted by atomic mass is 9.99. The van der Waals surface area contributed by atoms with Crippen molar-refractivity contribution in [3.05, 3.63) is 35.9 Å². The first kappa shape index (κ1) is 12.1. The van der Waals surface area contributed by atoms with Crippen molar-refractivity contribution >= 4 is 5.91 Å². The molecular weight excluding hydrogens is 212 g/mol. The summed E-state index contributed by atoms with van der Waals surface area (Å²) < 4.78 is 0. The Morgan fingerprint density at radius 3 is 2.76 bits per heavy atom. The number of carbonyl (C=O) groups is 1. The molecule has 2 rings (SSSR count). The summed E-state index contributed by atoms with van der Waals surface area (Å²) in [5, 5.41) is 3.00. The van der Waals surface area contributed by atoms with E-state index in [4.69, 9.17) is 0 Å². The fourth-order valence-electron chi connectivity index (χ4n) is 2.36. The number of hydrogen-bond donors (Lipinski definition) is 1. The van der Waals surface area contributed by atoms with Gasteiger partial charge in [-0.3, -0.25) is 4.79 Å². The predicted molar refractivity (Wildman–Crippen MR) is 68.9 cm³/mol. The molecule has 1 aliphatic rings. The van der Waals surface area contributed by atoms with Crippen LogP contribution in [0.25, 0.3) is 0 Å². The molecule has 1 amide bonds. The fraction of sp³-hybridized carbons (Fsp3) is 0.500. The molecule has 0 radical (unpaired) electrons. The van der Waals surface area contributed by atoms with Crippen molar-refractivity contribution < 1.29 is 4.79 Å². The second-order valence-electron chi connectivity index (χ2n) is 4.69. The van der Waals surface area contributed by atoms with Gasteiger partial charge >= 0.3 is 0 Å². The van der Waals surface area contributed by atoms with Gasteiger partial charge in [0.1, 0.15) is 0 Å². The van der Waals surface area contributed by atoms with Gasteiger partial charge in [-0.05, 0) is 26.0 Å². The Labute approximate surface area is 103 Å². The second kappa shape index (κ2) is 5.32. The average molecular weight is 232 g/mol. The van der Waals surface area contributed by atoms with Crippen LogP contribution in [0.5, 0.6) is 0 Å². The minimum Gasteiger partial charge on any atom is -0.341 e. The minimum absolute atomic E-state index is 0.0791. The lowest BCUT2D eigenvalue weighted by molar-refractivity contribution is -0.131. The molecule has 17 heavy (non-hydrogen) atoms. The Hall–Kier alpha value is -1.35. The van der Waals surface area contributed by atoms with Gasteiger partial charge in [0.05, 0.1) is 6.04 Å². The predicted octanol–water partition coefficient (Wildman–Crippen LogP) is 1.61. The van der Waals surface area contributed by atoms with E-state index >= 15 is 0 Å². The SMILES string of the molecule is CNC(C)C(=O)N1CCC(c2ccccc2)C1. The first-order valence-corrected chi connectivity index (χ1v) is 6.23. The number of carbonyl (C=O) groups excluding carboxylic acids is 1. The van der Waals surface area contributed by atoms with E-state index in [-0.39, 0.29) is 11.9 Å². The molecule has 0 saturated carbocycles. The van der Waals surface area contributed by atoms with Gasteiger partial charge < -0.3 is 10.2 Å². The smallest absolute Gasteiger partial charge is 0.239 e. The highest BCUT2D eigenvalue weighted by atomic mass is 16.2. The third kappa shape index (κ3) is 2.67. The zero-order chi connectivity index (χ0) is 12.3. The Morgan fingerprint density at radius 1 is 1.41 bits per heavy atom. The van der Waals surface area contributed by atoms with Gasteiger partial charge in [-0.2, -0.15) is 0 Å². The van der Waals surface area contributed by atoms with Crippen molar-refractivity contribution in [1.29, 1.82) is 0 Å². The fourth-order valence-corrected chi connectivity index (χ4v) is 2.36. The number of rotatable bonds is 3. The van der Waals surface area contributed by atoms with Gasteiger partial charge in [-0.1, -0.05) is 30.3 Å². The summed E-state index contributed by atoms with van der Waals surface area (Å²) in [6.45, 7) is 3.65. The molecule has 1 aromatic rings. The first-order valence-electron chi connectivity index (χ1n) is 6.23. The van der Waals surface area contributed by atoms with E-state index in [1.165, 1.54) is 5.56 Å². The Bertz CT molecular complexity index is 377. The summed E-state index contributed by atoms with van der Waals surface area (Å²) in [5.74, 6) is 0.718. The van der Waals surface area contributed by atoms with Gasteiger partial charge in [-0.15, -0.1) is 0 Å². The molecule has 0 aliphatic carbocycles. The quantitative estimate of drug-likeness (QED) is 0.858. The van der Waals surface area contributed by atoms with Gasteiger partial charge in [0.15, 0.2) is 0 Å². The number of nitrogens with zero attached hydrogens (tertiary/aromatic N) is 1. The average Bonchev–Trinajstić information content (AvgIpc) is 2.87. The number of hydrogen-bond acceptors (Lipinski definition) is 2. The molecule has 2 atom stereocenters. The number of likely N-dealkylation sites (tertiary alicyclic amines) is 1. The van der Waals surface area contributed by atoms with Crippen LogP contribution in [0.1, 0.15) is 24.8 Å². The topological polar surface area (TPSA) is 32.3 Å². The monoisotopic (exact) mass is 232 g/mol. The van der Waals surface area contributed by atoms with E-state index in [9.17, 15) is 4.79 Å². The molecule has 3 heteroatoms. The molecule has 2 unspecified atom stereocenters. The van der Waals surface area contributed by atoms with Crippen LogP contribution >= 0.6 is 0 Å². The molecule has 1 aliphatic heterocycles. The van der Waals surface area contributed by atoms with Crippen LogP contribution in [-0.2, 0) is 4.79 Å². The minimum atomic E-state index is -0.0791. The number of benzene rings is 1. The third-order valence-corrected chi connectivity index (χ3v) is 3.57. The van der Waals surface area contributed by atoms with E-state index in [2.05, 4.69) is 29.6 Å². The maximum atomic E-state index is 12.0. The van der Waals surface area contributed by atoms with Crippen molar-refractivity contribution in [2.75, 3.05) is 20.1 Å². The molecule has 0 spiro atoms. The molecule has 1 saturated heterocycles. The summed E-state index contributed by atoms with van der Waals surface area (Å²) in [7, 11) is 1.83. The van der Waals surface area contributed by atoms with Gasteiger partial charge in [0, 0.05) is 19.0 Å². The summed E-state index contributed by atoms with van der Waals surface area (Å²) >= 11 is 0. The summed E-state index contributed by atoms with van der Waals surface area (Å²) in [6, 6.07) is 10.4. The number of amides is 1. The lowest BCUT2D eigenvalue weighted by Crippen LogP contribution is -2.42. The van der Waals surface area contributed by atoms with Crippen molar-refractivity contribution in [3.63, 3.8) is 0 Å². The molecule has 0 aromatic heterocycles. The van der Waals surface area contributed by atoms with Crippen molar-refractivity contribution in [1.82, 2.24) is 10.2 Å². The van der Waals surface area contributed by atoms with Crippen LogP contribution < -0.4 is 5.32 Å². The van der Waals surface area contributed by atoms with Gasteiger partial charge in [-0.25, -0.2) is 0 Å². The summed E-state index contributed by atoms with van der Waals surface area (Å²) in [6.07, 6.45) is 1.08. The highest BCUT2D eigenvalue weighted by molar-refractivity contribution is 5.81. The summed E-state index contributed by atoms with van der Waals surface area (Å²) in [4.78, 5) is 14.0. The number of nitrogens with one attached hydrogen (secondary N) is 1. The van der Waals surface area contributed by atoms with Crippen molar-refractivity contribution in [3.8, 4) is 0 Å². The Morgan fingerprint density at radius 2 is 2.12 bits per heavy atom. The lowest BCUT2D eigenvalue weighted by Gasteiger charge is -2.20. The molecule has 1 N–H and O–H groups in total. The van der Waals surface area contributed by atoms with Gasteiger partial charge in [0.2, 0.25) is 5.91 Å². The zero-order valence-corrected chi connectivity index (χ0v) is 10.5. The third-order valence-electron chi connectivity index (χ3n) is 3.57. The van der Waals surface area contributed by atoms with E-state index < -0.39 is 0 Å². The zero-order valence-electron chi connectivity index (χ0n) is 10.5. The molecular formula is C14H20N2O. The standard InChI is InChI=1S/C14H20N2O/c1-11(15-2)14(17)16-9-8-13(10-16)12-6-4-3-5-7-12/h3-7,11,13,15H,8-10H2,1-2H3. The van der Waals surface area contributed by atoms with Crippen molar-refractivity contribution in [2.24, 2.45) is 0 Å². The van der Waals surface area contributed by atoms with Crippen LogP contribution in [0.15, 0.2) is 30.3 Å². The molecule has 3 nitrogen and oxygen atoms in total. The first-order chi connectivity index (χ1) is 8.22. The molecule has 0 bridgehead atoms.